The Bertz CT molecular complexity index is 658. The number of aliphatic imine (C=N–C) groups is 1. The third kappa shape index (κ3) is 8.19. The van der Waals surface area contributed by atoms with Gasteiger partial charge in [-0.1, -0.05) is 12.1 Å². The van der Waals surface area contributed by atoms with E-state index in [1.165, 1.54) is 12.3 Å². The fraction of sp³-hybridized carbons (Fsp3) is 0.533. The lowest BCUT2D eigenvalue weighted by atomic mass is 10.1. The molecule has 0 unspecified atom stereocenters. The summed E-state index contributed by atoms with van der Waals surface area (Å²) in [6, 6.07) is 5.00. The van der Waals surface area contributed by atoms with Gasteiger partial charge in [-0.05, 0) is 31.0 Å². The molecule has 0 aliphatic rings. The zero-order valence-electron chi connectivity index (χ0n) is 13.7. The largest absolute Gasteiger partial charge is 0.416 e. The first kappa shape index (κ1) is 20.3. The van der Waals surface area contributed by atoms with Gasteiger partial charge in [-0.2, -0.15) is 13.2 Å². The maximum Gasteiger partial charge on any atom is 0.416 e. The number of sulfone groups is 1. The predicted molar refractivity (Wildman–Crippen MR) is 88.6 cm³/mol. The van der Waals surface area contributed by atoms with Crippen LogP contribution in [0.15, 0.2) is 29.3 Å². The van der Waals surface area contributed by atoms with Gasteiger partial charge in [0.2, 0.25) is 0 Å². The van der Waals surface area contributed by atoms with Crippen LogP contribution >= 0.6 is 0 Å². The number of guanidine groups is 1. The van der Waals surface area contributed by atoms with Gasteiger partial charge in [0.15, 0.2) is 5.96 Å². The van der Waals surface area contributed by atoms with E-state index < -0.39 is 21.6 Å². The fourth-order valence-corrected chi connectivity index (χ4v) is 2.57. The minimum absolute atomic E-state index is 0.0625. The molecule has 9 heteroatoms. The normalized spacial score (nSPS) is 13.0. The van der Waals surface area contributed by atoms with Gasteiger partial charge in [0.1, 0.15) is 9.84 Å². The summed E-state index contributed by atoms with van der Waals surface area (Å²) in [5.41, 5.74) is -0.264. The number of benzene rings is 1. The van der Waals surface area contributed by atoms with Crippen molar-refractivity contribution in [1.82, 2.24) is 10.6 Å². The van der Waals surface area contributed by atoms with Crippen LogP contribution in [0.2, 0.25) is 0 Å². The molecule has 0 aromatic heterocycles. The SMILES string of the molecule is CCNC(=NCc1cccc(C(F)(F)F)c1)NCCCS(C)(=O)=O. The number of hydrogen-bond acceptors (Lipinski definition) is 3. The zero-order valence-corrected chi connectivity index (χ0v) is 14.5. The fourth-order valence-electron chi connectivity index (χ4n) is 1.90. The minimum Gasteiger partial charge on any atom is -0.357 e. The second-order valence-corrected chi connectivity index (χ2v) is 7.56. The molecule has 0 heterocycles. The van der Waals surface area contributed by atoms with Crippen LogP contribution < -0.4 is 10.6 Å². The highest BCUT2D eigenvalue weighted by molar-refractivity contribution is 7.90. The Kier molecular flexibility index (Phi) is 7.53. The monoisotopic (exact) mass is 365 g/mol. The lowest BCUT2D eigenvalue weighted by Gasteiger charge is -2.11. The third-order valence-electron chi connectivity index (χ3n) is 3.00. The Balaban J connectivity index is 2.65. The van der Waals surface area contributed by atoms with Crippen molar-refractivity contribution in [3.8, 4) is 0 Å². The van der Waals surface area contributed by atoms with E-state index in [1.54, 1.807) is 6.07 Å². The Hall–Kier alpha value is -1.77. The molecule has 0 radical (unpaired) electrons. The molecule has 0 saturated heterocycles. The molecule has 0 spiro atoms. The standard InChI is InChI=1S/C15H22F3N3O2S/c1-3-19-14(20-8-5-9-24(2,22)23)21-11-12-6-4-7-13(10-12)15(16,17)18/h4,6-7,10H,3,5,8-9,11H2,1-2H3,(H2,19,20,21). The molecule has 1 rings (SSSR count). The number of nitrogens with zero attached hydrogens (tertiary/aromatic N) is 1. The maximum atomic E-state index is 12.7. The lowest BCUT2D eigenvalue weighted by molar-refractivity contribution is -0.137. The first-order valence-electron chi connectivity index (χ1n) is 7.48. The van der Waals surface area contributed by atoms with E-state index in [4.69, 9.17) is 0 Å². The Morgan fingerprint density at radius 3 is 2.54 bits per heavy atom. The smallest absolute Gasteiger partial charge is 0.357 e. The Labute approximate surface area is 140 Å². The van der Waals surface area contributed by atoms with Crippen LogP contribution in [-0.2, 0) is 22.6 Å². The summed E-state index contributed by atoms with van der Waals surface area (Å²) in [4.78, 5) is 4.22. The third-order valence-corrected chi connectivity index (χ3v) is 4.03. The minimum atomic E-state index is -4.38. The van der Waals surface area contributed by atoms with E-state index in [9.17, 15) is 21.6 Å². The second-order valence-electron chi connectivity index (χ2n) is 5.30. The lowest BCUT2D eigenvalue weighted by Crippen LogP contribution is -2.38. The van der Waals surface area contributed by atoms with Crippen LogP contribution in [0, 0.1) is 0 Å². The van der Waals surface area contributed by atoms with E-state index in [2.05, 4.69) is 15.6 Å². The van der Waals surface area contributed by atoms with Crippen LogP contribution in [0.1, 0.15) is 24.5 Å². The molecule has 0 fully saturated rings. The van der Waals surface area contributed by atoms with Gasteiger partial charge in [0.05, 0.1) is 17.9 Å². The molecule has 0 atom stereocenters. The molecule has 0 saturated carbocycles. The summed E-state index contributed by atoms with van der Waals surface area (Å²) < 4.78 is 60.2. The number of nitrogens with one attached hydrogen (secondary N) is 2. The quantitative estimate of drug-likeness (QED) is 0.442. The highest BCUT2D eigenvalue weighted by Crippen LogP contribution is 2.29. The van der Waals surface area contributed by atoms with E-state index in [0.717, 1.165) is 12.1 Å². The average molecular weight is 365 g/mol. The van der Waals surface area contributed by atoms with Crippen molar-refractivity contribution in [3.05, 3.63) is 35.4 Å². The van der Waals surface area contributed by atoms with Gasteiger partial charge in [0, 0.05) is 19.3 Å². The highest BCUT2D eigenvalue weighted by atomic mass is 32.2. The first-order chi connectivity index (χ1) is 11.1. The molecule has 0 amide bonds. The molecular weight excluding hydrogens is 343 g/mol. The second kappa shape index (κ2) is 8.91. The zero-order chi connectivity index (χ0) is 18.2. The van der Waals surface area contributed by atoms with Crippen LogP contribution in [-0.4, -0.2) is 39.5 Å². The summed E-state index contributed by atoms with van der Waals surface area (Å²) in [5, 5.41) is 5.92. The van der Waals surface area contributed by atoms with Crippen molar-refractivity contribution in [1.29, 1.82) is 0 Å². The average Bonchev–Trinajstić information content (AvgIpc) is 2.47. The first-order valence-corrected chi connectivity index (χ1v) is 9.54. The number of halogens is 3. The van der Waals surface area contributed by atoms with Crippen molar-refractivity contribution in [2.75, 3.05) is 25.1 Å². The summed E-state index contributed by atoms with van der Waals surface area (Å²) in [6.45, 7) is 2.94. The summed E-state index contributed by atoms with van der Waals surface area (Å²) in [7, 11) is -3.02. The van der Waals surface area contributed by atoms with Crippen LogP contribution in [0.3, 0.4) is 0 Å². The van der Waals surface area contributed by atoms with E-state index in [0.29, 0.717) is 31.0 Å². The molecule has 2 N–H and O–H groups in total. The highest BCUT2D eigenvalue weighted by Gasteiger charge is 2.30. The van der Waals surface area contributed by atoms with Crippen LogP contribution in [0.25, 0.3) is 0 Å². The number of alkyl halides is 3. The van der Waals surface area contributed by atoms with Gasteiger partial charge in [-0.25, -0.2) is 13.4 Å². The summed E-state index contributed by atoms with van der Waals surface area (Å²) >= 11 is 0. The maximum absolute atomic E-state index is 12.7. The van der Waals surface area contributed by atoms with Crippen molar-refractivity contribution in [2.24, 2.45) is 4.99 Å². The summed E-state index contributed by atoms with van der Waals surface area (Å²) in [6.07, 6.45) is -2.79. The summed E-state index contributed by atoms with van der Waals surface area (Å²) in [5.74, 6) is 0.496. The Morgan fingerprint density at radius 1 is 1.25 bits per heavy atom. The molecule has 0 aliphatic carbocycles. The molecule has 136 valence electrons. The van der Waals surface area contributed by atoms with Crippen LogP contribution in [0.4, 0.5) is 13.2 Å². The van der Waals surface area contributed by atoms with E-state index in [-0.39, 0.29) is 12.3 Å². The molecular formula is C15H22F3N3O2S. The Morgan fingerprint density at radius 2 is 1.96 bits per heavy atom. The van der Waals surface area contributed by atoms with Gasteiger partial charge < -0.3 is 10.6 Å². The van der Waals surface area contributed by atoms with Crippen molar-refractivity contribution >= 4 is 15.8 Å². The van der Waals surface area contributed by atoms with Crippen molar-refractivity contribution in [2.45, 2.75) is 26.1 Å². The van der Waals surface area contributed by atoms with Crippen LogP contribution in [0.5, 0.6) is 0 Å². The molecule has 24 heavy (non-hydrogen) atoms. The predicted octanol–water partition coefficient (Wildman–Crippen LogP) is 2.20. The van der Waals surface area contributed by atoms with E-state index in [1.807, 2.05) is 6.92 Å². The van der Waals surface area contributed by atoms with Gasteiger partial charge >= 0.3 is 6.18 Å². The van der Waals surface area contributed by atoms with E-state index >= 15 is 0 Å². The van der Waals surface area contributed by atoms with Crippen molar-refractivity contribution < 1.29 is 21.6 Å². The molecule has 1 aromatic carbocycles. The molecule has 5 nitrogen and oxygen atoms in total. The molecule has 0 aliphatic heterocycles. The topological polar surface area (TPSA) is 70.6 Å². The number of hydrogen-bond donors (Lipinski definition) is 2. The molecule has 1 aromatic rings. The number of rotatable bonds is 7. The van der Waals surface area contributed by atoms with Gasteiger partial charge in [-0.15, -0.1) is 0 Å². The van der Waals surface area contributed by atoms with Gasteiger partial charge in [0.25, 0.3) is 0 Å². The molecule has 0 bridgehead atoms. The van der Waals surface area contributed by atoms with Gasteiger partial charge in [-0.3, -0.25) is 0 Å². The van der Waals surface area contributed by atoms with Crippen molar-refractivity contribution in [3.63, 3.8) is 0 Å².